The zero-order chi connectivity index (χ0) is 28.6. The monoisotopic (exact) mass is 579 g/mol. The lowest BCUT2D eigenvalue weighted by Gasteiger charge is -2.35. The first-order valence-corrected chi connectivity index (χ1v) is 15.0. The Balaban J connectivity index is 1.23. The Labute approximate surface area is 237 Å². The van der Waals surface area contributed by atoms with Gasteiger partial charge in [-0.25, -0.2) is 8.42 Å². The third-order valence-electron chi connectivity index (χ3n) is 7.20. The van der Waals surface area contributed by atoms with E-state index in [1.165, 1.54) is 12.1 Å². The number of rotatable bonds is 7. The minimum atomic E-state index is -3.83. The number of β-amino-alcohol motifs (C(OH)–C–C–N with tert-alkyl or cyclic N) is 1. The molecule has 3 atom stereocenters. The summed E-state index contributed by atoms with van der Waals surface area (Å²) in [5.74, 6) is 1.18. The molecular formula is C26H33N11O3S. The second-order valence-electron chi connectivity index (χ2n) is 10.6. The molecule has 41 heavy (non-hydrogen) atoms. The lowest BCUT2D eigenvalue weighted by molar-refractivity contribution is 0.153. The summed E-state index contributed by atoms with van der Waals surface area (Å²) in [6, 6.07) is 11.3. The molecule has 2 aromatic carbocycles. The standard InChI is InChI=1S/C26H33N11O3S/c27-17-10-18(28)14-37(13-17)26-32-24(31-25(33-26)36-9-1-2-21(38)15-36)30-19-5-7-22(8-6-19)41(39,40)35-20-4-3-16-12-29-34-23(16)11-20/h3-8,11-12,17-18,21,35,38H,1-2,9-10,13-15,27-28H2,(H,29,34)(H,30,31,32,33)/t17-,18+,21-/m1/s1. The number of piperidine rings is 2. The molecule has 2 aliphatic rings. The van der Waals surface area contributed by atoms with Crippen LogP contribution in [-0.4, -0.2) is 83.0 Å². The van der Waals surface area contributed by atoms with E-state index in [-0.39, 0.29) is 17.0 Å². The van der Waals surface area contributed by atoms with Crippen molar-refractivity contribution in [1.29, 1.82) is 0 Å². The van der Waals surface area contributed by atoms with Crippen LogP contribution in [0.2, 0.25) is 0 Å². The van der Waals surface area contributed by atoms with E-state index in [0.717, 1.165) is 30.2 Å². The van der Waals surface area contributed by atoms with E-state index >= 15 is 0 Å². The number of benzene rings is 2. The third-order valence-corrected chi connectivity index (χ3v) is 8.60. The van der Waals surface area contributed by atoms with Gasteiger partial charge in [-0.2, -0.15) is 20.1 Å². The van der Waals surface area contributed by atoms with Gasteiger partial charge in [-0.3, -0.25) is 9.82 Å². The zero-order valence-electron chi connectivity index (χ0n) is 22.3. The van der Waals surface area contributed by atoms with Crippen LogP contribution in [0.5, 0.6) is 0 Å². The normalized spacial score (nSPS) is 21.7. The molecule has 4 aromatic rings. The molecule has 2 aromatic heterocycles. The van der Waals surface area contributed by atoms with E-state index in [0.29, 0.717) is 55.4 Å². The van der Waals surface area contributed by atoms with Crippen molar-refractivity contribution in [1.82, 2.24) is 25.1 Å². The van der Waals surface area contributed by atoms with Crippen LogP contribution >= 0.6 is 0 Å². The number of aliphatic hydroxyl groups is 1. The molecule has 0 spiro atoms. The largest absolute Gasteiger partial charge is 0.391 e. The number of sulfonamides is 1. The molecule has 2 fully saturated rings. The Bertz CT molecular complexity index is 1620. The molecule has 0 amide bonds. The van der Waals surface area contributed by atoms with Crippen LogP contribution in [0.25, 0.3) is 10.9 Å². The van der Waals surface area contributed by atoms with Gasteiger partial charge in [0.2, 0.25) is 17.8 Å². The van der Waals surface area contributed by atoms with Crippen LogP contribution in [0.1, 0.15) is 19.3 Å². The van der Waals surface area contributed by atoms with E-state index < -0.39 is 16.1 Å². The number of hydrogen-bond acceptors (Lipinski definition) is 12. The Kier molecular flexibility index (Phi) is 7.33. The molecule has 216 valence electrons. The molecule has 15 heteroatoms. The fourth-order valence-corrected chi connectivity index (χ4v) is 6.28. The molecule has 0 unspecified atom stereocenters. The highest BCUT2D eigenvalue weighted by Crippen LogP contribution is 2.26. The first-order chi connectivity index (χ1) is 19.7. The second kappa shape index (κ2) is 11.1. The Morgan fingerprint density at radius 1 is 0.927 bits per heavy atom. The quantitative estimate of drug-likeness (QED) is 0.182. The molecule has 6 rings (SSSR count). The van der Waals surface area contributed by atoms with Crippen molar-refractivity contribution in [3.8, 4) is 0 Å². The highest BCUT2D eigenvalue weighted by molar-refractivity contribution is 7.92. The first kappa shape index (κ1) is 27.1. The molecule has 8 N–H and O–H groups in total. The number of anilines is 5. The highest BCUT2D eigenvalue weighted by atomic mass is 32.2. The summed E-state index contributed by atoms with van der Waals surface area (Å²) >= 11 is 0. The predicted molar refractivity (Wildman–Crippen MR) is 157 cm³/mol. The van der Waals surface area contributed by atoms with Crippen molar-refractivity contribution < 1.29 is 13.5 Å². The summed E-state index contributed by atoms with van der Waals surface area (Å²) in [6.45, 7) is 2.26. The number of H-pyrrole nitrogens is 1. The zero-order valence-corrected chi connectivity index (χ0v) is 23.1. The number of nitrogens with zero attached hydrogens (tertiary/aromatic N) is 6. The smallest absolute Gasteiger partial charge is 0.261 e. The van der Waals surface area contributed by atoms with Gasteiger partial charge in [0.1, 0.15) is 0 Å². The number of aromatic nitrogens is 5. The summed E-state index contributed by atoms with van der Waals surface area (Å²) in [7, 11) is -3.83. The molecule has 14 nitrogen and oxygen atoms in total. The number of nitrogens with one attached hydrogen (secondary N) is 3. The minimum absolute atomic E-state index is 0.100. The van der Waals surface area contributed by atoms with Gasteiger partial charge in [-0.1, -0.05) is 0 Å². The van der Waals surface area contributed by atoms with Crippen LogP contribution < -0.4 is 31.3 Å². The third kappa shape index (κ3) is 6.17. The van der Waals surface area contributed by atoms with Crippen LogP contribution in [0.4, 0.5) is 29.2 Å². The summed E-state index contributed by atoms with van der Waals surface area (Å²) in [4.78, 5) is 18.0. The molecule has 4 heterocycles. The van der Waals surface area contributed by atoms with E-state index in [1.54, 1.807) is 36.5 Å². The van der Waals surface area contributed by atoms with E-state index in [1.807, 2.05) is 9.80 Å². The molecule has 2 aliphatic heterocycles. The molecule has 0 aliphatic carbocycles. The number of aliphatic hydroxyl groups excluding tert-OH is 1. The maximum Gasteiger partial charge on any atom is 0.261 e. The van der Waals surface area contributed by atoms with Gasteiger partial charge < -0.3 is 31.7 Å². The van der Waals surface area contributed by atoms with Crippen LogP contribution in [0.3, 0.4) is 0 Å². The topological polar surface area (TPSA) is 204 Å². The number of hydrogen-bond donors (Lipinski definition) is 6. The molecule has 0 saturated carbocycles. The summed E-state index contributed by atoms with van der Waals surface area (Å²) in [5, 5.41) is 21.1. The van der Waals surface area contributed by atoms with E-state index in [9.17, 15) is 13.5 Å². The fourth-order valence-electron chi connectivity index (χ4n) is 5.23. The first-order valence-electron chi connectivity index (χ1n) is 13.5. The predicted octanol–water partition coefficient (Wildman–Crippen LogP) is 1.12. The average molecular weight is 580 g/mol. The van der Waals surface area contributed by atoms with Crippen LogP contribution in [0.15, 0.2) is 53.6 Å². The molecule has 0 radical (unpaired) electrons. The molecule has 2 saturated heterocycles. The lowest BCUT2D eigenvalue weighted by atomic mass is 10.0. The van der Waals surface area contributed by atoms with Crippen molar-refractivity contribution in [3.05, 3.63) is 48.7 Å². The number of fused-ring (bicyclic) bond motifs is 1. The number of nitrogens with two attached hydrogens (primary N) is 2. The molecule has 0 bridgehead atoms. The van der Waals surface area contributed by atoms with Gasteiger partial charge >= 0.3 is 0 Å². The van der Waals surface area contributed by atoms with Crippen LogP contribution in [-0.2, 0) is 10.0 Å². The summed E-state index contributed by atoms with van der Waals surface area (Å²) in [6.07, 6.45) is 3.49. The SMILES string of the molecule is N[C@@H]1C[C@H](N)CN(c2nc(Nc3ccc(S(=O)(=O)Nc4ccc5cn[nH]c5c4)cc3)nc(N3CCC[C@@H](O)C3)n2)C1. The second-order valence-corrected chi connectivity index (χ2v) is 12.3. The van der Waals surface area contributed by atoms with Gasteiger partial charge in [0, 0.05) is 49.3 Å². The van der Waals surface area contributed by atoms with Crippen molar-refractivity contribution in [2.45, 2.75) is 42.3 Å². The highest BCUT2D eigenvalue weighted by Gasteiger charge is 2.27. The fraction of sp³-hybridized carbons (Fsp3) is 0.385. The minimum Gasteiger partial charge on any atom is -0.391 e. The average Bonchev–Trinajstić information content (AvgIpc) is 3.40. The van der Waals surface area contributed by atoms with Gasteiger partial charge in [0.15, 0.2) is 0 Å². The van der Waals surface area contributed by atoms with E-state index in [4.69, 9.17) is 16.5 Å². The maximum atomic E-state index is 13.0. The van der Waals surface area contributed by atoms with Gasteiger partial charge in [-0.15, -0.1) is 0 Å². The summed E-state index contributed by atoms with van der Waals surface area (Å²) in [5.41, 5.74) is 14.2. The summed E-state index contributed by atoms with van der Waals surface area (Å²) < 4.78 is 28.6. The van der Waals surface area contributed by atoms with Crippen molar-refractivity contribution in [2.24, 2.45) is 11.5 Å². The Hall–Kier alpha value is -4.05. The lowest BCUT2D eigenvalue weighted by Crippen LogP contribution is -2.53. The van der Waals surface area contributed by atoms with Crippen molar-refractivity contribution in [3.63, 3.8) is 0 Å². The Morgan fingerprint density at radius 2 is 1.63 bits per heavy atom. The number of aromatic amines is 1. The van der Waals surface area contributed by atoms with Gasteiger partial charge in [-0.05, 0) is 61.7 Å². The maximum absolute atomic E-state index is 13.0. The van der Waals surface area contributed by atoms with E-state index in [2.05, 4.69) is 30.2 Å². The van der Waals surface area contributed by atoms with Gasteiger partial charge in [0.25, 0.3) is 10.0 Å². The van der Waals surface area contributed by atoms with Crippen LogP contribution in [0, 0.1) is 0 Å². The van der Waals surface area contributed by atoms with Crippen molar-refractivity contribution in [2.75, 3.05) is 46.0 Å². The van der Waals surface area contributed by atoms with Gasteiger partial charge in [0.05, 0.1) is 28.4 Å². The Morgan fingerprint density at radius 3 is 2.37 bits per heavy atom. The molecular weight excluding hydrogens is 546 g/mol. The van der Waals surface area contributed by atoms with Crippen molar-refractivity contribution >= 4 is 50.1 Å².